The van der Waals surface area contributed by atoms with Gasteiger partial charge in [0.1, 0.15) is 0 Å². The van der Waals surface area contributed by atoms with Crippen molar-refractivity contribution in [1.29, 1.82) is 0 Å². The highest BCUT2D eigenvalue weighted by Gasteiger charge is 2.07. The van der Waals surface area contributed by atoms with E-state index in [0.29, 0.717) is 11.6 Å². The summed E-state index contributed by atoms with van der Waals surface area (Å²) in [6.07, 6.45) is 1.68. The lowest BCUT2D eigenvalue weighted by Crippen LogP contribution is -1.97. The Hall–Kier alpha value is -1.77. The van der Waals surface area contributed by atoms with Crippen LogP contribution in [-0.2, 0) is 0 Å². The number of rotatable bonds is 3. The van der Waals surface area contributed by atoms with Crippen LogP contribution in [0.4, 0.5) is 5.82 Å². The van der Waals surface area contributed by atoms with E-state index in [0.717, 1.165) is 16.8 Å². The summed E-state index contributed by atoms with van der Waals surface area (Å²) in [5.74, 6) is 1.17. The van der Waals surface area contributed by atoms with Crippen molar-refractivity contribution in [2.45, 2.75) is 13.8 Å². The summed E-state index contributed by atoms with van der Waals surface area (Å²) in [5.41, 5.74) is 2.48. The van der Waals surface area contributed by atoms with E-state index in [-0.39, 0.29) is 0 Å². The van der Waals surface area contributed by atoms with Crippen molar-refractivity contribution in [1.82, 2.24) is 9.97 Å². The maximum Gasteiger partial charge on any atom is 0.162 e. The van der Waals surface area contributed by atoms with Crippen LogP contribution in [0.1, 0.15) is 24.0 Å². The van der Waals surface area contributed by atoms with Crippen LogP contribution in [0, 0.1) is 6.92 Å². The Kier molecular flexibility index (Phi) is 2.92. The van der Waals surface area contributed by atoms with Crippen LogP contribution in [0.25, 0.3) is 11.6 Å². The van der Waals surface area contributed by atoms with Gasteiger partial charge in [0.2, 0.25) is 0 Å². The number of aryl methyl sites for hydroxylation is 1. The first-order valence-electron chi connectivity index (χ1n) is 4.23. The molecule has 1 rings (SSSR count). The summed E-state index contributed by atoms with van der Waals surface area (Å²) < 4.78 is 0. The molecule has 72 valence electrons. The number of hydrogen-bond donors (Lipinski definition) is 0. The summed E-state index contributed by atoms with van der Waals surface area (Å²) in [7, 11) is 0. The zero-order chi connectivity index (χ0) is 10.7. The molecule has 1 aromatic heterocycles. The van der Waals surface area contributed by atoms with Gasteiger partial charge >= 0.3 is 0 Å². The normalized spacial score (nSPS) is 9.57. The molecule has 0 aromatic carbocycles. The minimum atomic E-state index is 0.561. The van der Waals surface area contributed by atoms with Gasteiger partial charge in [-0.3, -0.25) is 0 Å². The Balaban J connectivity index is 3.45. The molecule has 0 fully saturated rings. The minimum Gasteiger partial charge on any atom is -0.244 e. The van der Waals surface area contributed by atoms with Gasteiger partial charge in [-0.05, 0) is 26.1 Å². The first-order chi connectivity index (χ1) is 6.60. The Labute approximate surface area is 83.9 Å². The fourth-order valence-electron chi connectivity index (χ4n) is 1.12. The summed E-state index contributed by atoms with van der Waals surface area (Å²) in [4.78, 5) is 12.3. The smallest absolute Gasteiger partial charge is 0.162 e. The third-order valence-electron chi connectivity index (χ3n) is 1.85. The molecule has 0 saturated heterocycles. The summed E-state index contributed by atoms with van der Waals surface area (Å²) in [5, 5.41) is 0. The van der Waals surface area contributed by atoms with Gasteiger partial charge in [0.05, 0.1) is 5.69 Å². The lowest BCUT2D eigenvalue weighted by molar-refractivity contribution is 1.05. The Morgan fingerprint density at radius 2 is 2.07 bits per heavy atom. The monoisotopic (exact) mass is 187 g/mol. The van der Waals surface area contributed by atoms with Crippen molar-refractivity contribution in [3.8, 4) is 0 Å². The standard InChI is InChI=1S/C11H13N3/c1-6-9-8(4)13-10(7(2)3)14-11(9)12-5/h6H,1-2,5H2,3-4H3. The molecule has 0 aliphatic carbocycles. The van der Waals surface area contributed by atoms with E-state index in [9.17, 15) is 0 Å². The van der Waals surface area contributed by atoms with Crippen LogP contribution in [0.15, 0.2) is 18.2 Å². The first-order valence-corrected chi connectivity index (χ1v) is 4.23. The highest BCUT2D eigenvalue weighted by molar-refractivity contribution is 5.66. The van der Waals surface area contributed by atoms with Crippen molar-refractivity contribution in [3.63, 3.8) is 0 Å². The zero-order valence-electron chi connectivity index (χ0n) is 8.54. The van der Waals surface area contributed by atoms with Crippen LogP contribution < -0.4 is 0 Å². The topological polar surface area (TPSA) is 38.1 Å². The van der Waals surface area contributed by atoms with Crippen molar-refractivity contribution < 1.29 is 0 Å². The summed E-state index contributed by atoms with van der Waals surface area (Å²) >= 11 is 0. The van der Waals surface area contributed by atoms with E-state index in [1.54, 1.807) is 6.08 Å². The van der Waals surface area contributed by atoms with Crippen LogP contribution in [0.2, 0.25) is 0 Å². The Bertz CT molecular complexity index is 405. The van der Waals surface area contributed by atoms with Crippen molar-refractivity contribution >= 4 is 24.2 Å². The number of hydrogen-bond acceptors (Lipinski definition) is 3. The molecule has 0 atom stereocenters. The van der Waals surface area contributed by atoms with Gasteiger partial charge in [0.15, 0.2) is 11.6 Å². The SMILES string of the molecule is C=Cc1c(C)nc(C(=C)C)nc1N=C. The second-order valence-corrected chi connectivity index (χ2v) is 3.01. The third-order valence-corrected chi connectivity index (χ3v) is 1.85. The number of allylic oxidation sites excluding steroid dienone is 1. The van der Waals surface area contributed by atoms with Crippen molar-refractivity contribution in [3.05, 3.63) is 30.2 Å². The second-order valence-electron chi connectivity index (χ2n) is 3.01. The molecule has 3 nitrogen and oxygen atoms in total. The molecule has 0 N–H and O–H groups in total. The quantitative estimate of drug-likeness (QED) is 0.682. The molecule has 0 unspecified atom stereocenters. The van der Waals surface area contributed by atoms with Crippen LogP contribution >= 0.6 is 0 Å². The van der Waals surface area contributed by atoms with Crippen LogP contribution in [0.3, 0.4) is 0 Å². The molecule has 0 amide bonds. The molecular weight excluding hydrogens is 174 g/mol. The molecule has 0 spiro atoms. The zero-order valence-corrected chi connectivity index (χ0v) is 8.54. The van der Waals surface area contributed by atoms with Crippen LogP contribution in [-0.4, -0.2) is 16.7 Å². The van der Waals surface area contributed by atoms with E-state index < -0.39 is 0 Å². The molecule has 1 heterocycles. The highest BCUT2D eigenvalue weighted by atomic mass is 15.0. The minimum absolute atomic E-state index is 0.561. The predicted molar refractivity (Wildman–Crippen MR) is 60.8 cm³/mol. The second kappa shape index (κ2) is 3.96. The molecule has 0 saturated carbocycles. The van der Waals surface area contributed by atoms with E-state index >= 15 is 0 Å². The molecule has 3 heteroatoms. The largest absolute Gasteiger partial charge is 0.244 e. The molecule has 14 heavy (non-hydrogen) atoms. The molecule has 1 aromatic rings. The Morgan fingerprint density at radius 1 is 1.43 bits per heavy atom. The highest BCUT2D eigenvalue weighted by Crippen LogP contribution is 2.21. The van der Waals surface area contributed by atoms with Gasteiger partial charge in [-0.15, -0.1) is 0 Å². The molecule has 0 aliphatic heterocycles. The fraction of sp³-hybridized carbons (Fsp3) is 0.182. The van der Waals surface area contributed by atoms with Gasteiger partial charge in [-0.2, -0.15) is 0 Å². The molecule has 0 aliphatic rings. The number of nitrogens with zero attached hydrogens (tertiary/aromatic N) is 3. The maximum atomic E-state index is 4.28. The van der Waals surface area contributed by atoms with Crippen molar-refractivity contribution in [2.24, 2.45) is 4.99 Å². The Morgan fingerprint density at radius 3 is 2.50 bits per heavy atom. The van der Waals surface area contributed by atoms with Gasteiger partial charge in [0.25, 0.3) is 0 Å². The lowest BCUT2D eigenvalue weighted by Gasteiger charge is -2.06. The number of aliphatic imine (C=N–C) groups is 1. The molecule has 0 radical (unpaired) electrons. The average Bonchev–Trinajstić information content (AvgIpc) is 2.16. The van der Waals surface area contributed by atoms with Gasteiger partial charge in [-0.25, -0.2) is 15.0 Å². The van der Waals surface area contributed by atoms with E-state index in [2.05, 4.69) is 34.8 Å². The van der Waals surface area contributed by atoms with E-state index in [4.69, 9.17) is 0 Å². The third kappa shape index (κ3) is 1.76. The number of aromatic nitrogens is 2. The van der Waals surface area contributed by atoms with Gasteiger partial charge < -0.3 is 0 Å². The van der Waals surface area contributed by atoms with Gasteiger partial charge in [-0.1, -0.05) is 19.2 Å². The maximum absolute atomic E-state index is 4.28. The van der Waals surface area contributed by atoms with Gasteiger partial charge in [0, 0.05) is 5.56 Å². The average molecular weight is 187 g/mol. The molecule has 0 bridgehead atoms. The summed E-state index contributed by atoms with van der Waals surface area (Å²) in [6.45, 7) is 14.7. The summed E-state index contributed by atoms with van der Waals surface area (Å²) in [6, 6.07) is 0. The first kappa shape index (κ1) is 10.3. The van der Waals surface area contributed by atoms with Crippen LogP contribution in [0.5, 0.6) is 0 Å². The molecular formula is C11H13N3. The van der Waals surface area contributed by atoms with E-state index in [1.165, 1.54) is 0 Å². The van der Waals surface area contributed by atoms with Crippen molar-refractivity contribution in [2.75, 3.05) is 0 Å². The lowest BCUT2D eigenvalue weighted by atomic mass is 10.2. The van der Waals surface area contributed by atoms with E-state index in [1.807, 2.05) is 13.8 Å². The predicted octanol–water partition coefficient (Wildman–Crippen LogP) is 2.79. The fourth-order valence-corrected chi connectivity index (χ4v) is 1.12.